The van der Waals surface area contributed by atoms with E-state index in [-0.39, 0.29) is 0 Å². The van der Waals surface area contributed by atoms with Crippen LogP contribution in [0.2, 0.25) is 10.0 Å². The highest BCUT2D eigenvalue weighted by Gasteiger charge is 2.06. The lowest BCUT2D eigenvalue weighted by Crippen LogP contribution is -2.05. The standard InChI is InChI=1S/C12H10Cl2N2O/c13-10-2-1-3-11(12(10)14)17-9-6-4-8(16-15)5-7-9/h1-7,16H,15H2. The van der Waals surface area contributed by atoms with Crippen molar-refractivity contribution < 1.29 is 4.74 Å². The van der Waals surface area contributed by atoms with Gasteiger partial charge in [0.05, 0.1) is 5.02 Å². The number of nitrogens with one attached hydrogen (secondary N) is 1. The summed E-state index contributed by atoms with van der Waals surface area (Å²) >= 11 is 11.9. The Morgan fingerprint density at radius 1 is 1.00 bits per heavy atom. The zero-order valence-corrected chi connectivity index (χ0v) is 10.3. The first-order chi connectivity index (χ1) is 8.20. The molecule has 2 aromatic rings. The van der Waals surface area contributed by atoms with Crippen molar-refractivity contribution in [3.63, 3.8) is 0 Å². The molecule has 0 aliphatic carbocycles. The minimum Gasteiger partial charge on any atom is -0.456 e. The highest BCUT2D eigenvalue weighted by Crippen LogP contribution is 2.34. The fourth-order valence-corrected chi connectivity index (χ4v) is 1.64. The van der Waals surface area contributed by atoms with Crippen LogP contribution < -0.4 is 16.0 Å². The predicted molar refractivity (Wildman–Crippen MR) is 70.8 cm³/mol. The number of benzene rings is 2. The maximum Gasteiger partial charge on any atom is 0.147 e. The second kappa shape index (κ2) is 5.27. The number of rotatable bonds is 3. The summed E-state index contributed by atoms with van der Waals surface area (Å²) in [6, 6.07) is 12.4. The number of nitrogen functional groups attached to an aromatic ring is 1. The van der Waals surface area contributed by atoms with Crippen LogP contribution in [0.1, 0.15) is 0 Å². The molecule has 0 aliphatic heterocycles. The zero-order valence-electron chi connectivity index (χ0n) is 8.78. The lowest BCUT2D eigenvalue weighted by atomic mass is 10.3. The van der Waals surface area contributed by atoms with Gasteiger partial charge < -0.3 is 10.2 Å². The average molecular weight is 269 g/mol. The average Bonchev–Trinajstić information content (AvgIpc) is 2.36. The van der Waals surface area contributed by atoms with Crippen LogP contribution in [0.25, 0.3) is 0 Å². The Kier molecular flexibility index (Phi) is 3.74. The lowest BCUT2D eigenvalue weighted by molar-refractivity contribution is 0.483. The Balaban J connectivity index is 2.22. The number of halogens is 2. The molecule has 0 saturated heterocycles. The molecule has 0 amide bonds. The predicted octanol–water partition coefficient (Wildman–Crippen LogP) is 4.07. The third-order valence-electron chi connectivity index (χ3n) is 2.16. The highest BCUT2D eigenvalue weighted by molar-refractivity contribution is 6.42. The summed E-state index contributed by atoms with van der Waals surface area (Å²) in [6.45, 7) is 0. The van der Waals surface area contributed by atoms with Gasteiger partial charge in [0.2, 0.25) is 0 Å². The van der Waals surface area contributed by atoms with Crippen molar-refractivity contribution in [1.29, 1.82) is 0 Å². The lowest BCUT2D eigenvalue weighted by Gasteiger charge is -2.08. The second-order valence-electron chi connectivity index (χ2n) is 3.32. The Labute approximate surface area is 109 Å². The van der Waals surface area contributed by atoms with Gasteiger partial charge >= 0.3 is 0 Å². The Bertz CT molecular complexity index is 514. The van der Waals surface area contributed by atoms with E-state index in [0.717, 1.165) is 5.69 Å². The van der Waals surface area contributed by atoms with Gasteiger partial charge in [-0.25, -0.2) is 0 Å². The van der Waals surface area contributed by atoms with Crippen LogP contribution in [-0.4, -0.2) is 0 Å². The van der Waals surface area contributed by atoms with Crippen LogP contribution in [0.5, 0.6) is 11.5 Å². The first-order valence-corrected chi connectivity index (χ1v) is 5.65. The molecule has 2 aromatic carbocycles. The van der Waals surface area contributed by atoms with E-state index in [1.54, 1.807) is 42.5 Å². The van der Waals surface area contributed by atoms with Crippen LogP contribution in [0.4, 0.5) is 5.69 Å². The molecule has 0 heterocycles. The van der Waals surface area contributed by atoms with Crippen molar-refractivity contribution >= 4 is 28.9 Å². The molecule has 88 valence electrons. The molecule has 3 nitrogen and oxygen atoms in total. The van der Waals surface area contributed by atoms with E-state index < -0.39 is 0 Å². The van der Waals surface area contributed by atoms with E-state index in [1.165, 1.54) is 0 Å². The Morgan fingerprint density at radius 2 is 1.71 bits per heavy atom. The van der Waals surface area contributed by atoms with Crippen molar-refractivity contribution in [3.8, 4) is 11.5 Å². The van der Waals surface area contributed by atoms with Gasteiger partial charge in [-0.2, -0.15) is 0 Å². The summed E-state index contributed by atoms with van der Waals surface area (Å²) in [5.74, 6) is 6.45. The van der Waals surface area contributed by atoms with Crippen molar-refractivity contribution in [2.75, 3.05) is 5.43 Å². The first-order valence-electron chi connectivity index (χ1n) is 4.89. The monoisotopic (exact) mass is 268 g/mol. The summed E-state index contributed by atoms with van der Waals surface area (Å²) in [7, 11) is 0. The van der Waals surface area contributed by atoms with E-state index in [2.05, 4.69) is 5.43 Å². The largest absolute Gasteiger partial charge is 0.456 e. The molecule has 0 saturated carbocycles. The maximum atomic E-state index is 6.01. The van der Waals surface area contributed by atoms with Crippen LogP contribution in [0.15, 0.2) is 42.5 Å². The van der Waals surface area contributed by atoms with Gasteiger partial charge in [-0.3, -0.25) is 5.84 Å². The van der Waals surface area contributed by atoms with Crippen molar-refractivity contribution in [2.24, 2.45) is 5.84 Å². The fraction of sp³-hybridized carbons (Fsp3) is 0. The van der Waals surface area contributed by atoms with Crippen LogP contribution in [0.3, 0.4) is 0 Å². The summed E-state index contributed by atoms with van der Waals surface area (Å²) < 4.78 is 5.60. The number of hydrogen-bond acceptors (Lipinski definition) is 3. The summed E-state index contributed by atoms with van der Waals surface area (Å²) in [6.07, 6.45) is 0. The van der Waals surface area contributed by atoms with Crippen LogP contribution in [-0.2, 0) is 0 Å². The normalized spacial score (nSPS) is 10.1. The van der Waals surface area contributed by atoms with Gasteiger partial charge in [-0.15, -0.1) is 0 Å². The molecule has 0 unspecified atom stereocenters. The van der Waals surface area contributed by atoms with Crippen molar-refractivity contribution in [2.45, 2.75) is 0 Å². The topological polar surface area (TPSA) is 47.3 Å². The molecule has 0 spiro atoms. The molecular formula is C12H10Cl2N2O. The van der Waals surface area contributed by atoms with Gasteiger partial charge in [0.15, 0.2) is 0 Å². The smallest absolute Gasteiger partial charge is 0.147 e. The van der Waals surface area contributed by atoms with Crippen LogP contribution >= 0.6 is 23.2 Å². The number of hydrazine groups is 1. The number of hydrogen-bond donors (Lipinski definition) is 2. The highest BCUT2D eigenvalue weighted by atomic mass is 35.5. The van der Waals surface area contributed by atoms with Gasteiger partial charge in [0.1, 0.15) is 16.5 Å². The molecule has 0 fully saturated rings. The van der Waals surface area contributed by atoms with Crippen molar-refractivity contribution in [1.82, 2.24) is 0 Å². The molecule has 2 rings (SSSR count). The molecule has 0 aromatic heterocycles. The van der Waals surface area contributed by atoms with E-state index >= 15 is 0 Å². The molecule has 0 atom stereocenters. The molecule has 17 heavy (non-hydrogen) atoms. The maximum absolute atomic E-state index is 6.01. The summed E-state index contributed by atoms with van der Waals surface area (Å²) in [5.41, 5.74) is 3.34. The molecule has 5 heteroatoms. The number of ether oxygens (including phenoxy) is 1. The third-order valence-corrected chi connectivity index (χ3v) is 2.97. The van der Waals surface area contributed by atoms with Crippen molar-refractivity contribution in [3.05, 3.63) is 52.5 Å². The van der Waals surface area contributed by atoms with E-state index in [0.29, 0.717) is 21.5 Å². The SMILES string of the molecule is NNc1ccc(Oc2cccc(Cl)c2Cl)cc1. The van der Waals surface area contributed by atoms with E-state index in [4.69, 9.17) is 33.8 Å². The Hall–Kier alpha value is -1.42. The summed E-state index contributed by atoms with van der Waals surface area (Å²) in [4.78, 5) is 0. The fourth-order valence-electron chi connectivity index (χ4n) is 1.31. The van der Waals surface area contributed by atoms with Gasteiger partial charge in [0, 0.05) is 5.69 Å². The molecule has 0 aliphatic rings. The minimum absolute atomic E-state index is 0.398. The Morgan fingerprint density at radius 3 is 2.35 bits per heavy atom. The number of anilines is 1. The molecular weight excluding hydrogens is 259 g/mol. The first kappa shape index (κ1) is 12.0. The minimum atomic E-state index is 0.398. The van der Waals surface area contributed by atoms with E-state index in [1.807, 2.05) is 0 Å². The van der Waals surface area contributed by atoms with Gasteiger partial charge in [-0.1, -0.05) is 29.3 Å². The van der Waals surface area contributed by atoms with Gasteiger partial charge in [-0.05, 0) is 36.4 Å². The molecule has 0 radical (unpaired) electrons. The van der Waals surface area contributed by atoms with Gasteiger partial charge in [0.25, 0.3) is 0 Å². The zero-order chi connectivity index (χ0) is 12.3. The quantitative estimate of drug-likeness (QED) is 0.652. The number of nitrogens with two attached hydrogens (primary N) is 1. The van der Waals surface area contributed by atoms with E-state index in [9.17, 15) is 0 Å². The third kappa shape index (κ3) is 2.82. The molecule has 3 N–H and O–H groups in total. The summed E-state index contributed by atoms with van der Waals surface area (Å²) in [5, 5.41) is 0.861. The van der Waals surface area contributed by atoms with Crippen LogP contribution in [0, 0.1) is 0 Å². The molecule has 0 bridgehead atoms. The second-order valence-corrected chi connectivity index (χ2v) is 4.11.